The summed E-state index contributed by atoms with van der Waals surface area (Å²) in [5, 5.41) is 13.3. The minimum Gasteiger partial charge on any atom is -0.508 e. The van der Waals surface area contributed by atoms with Gasteiger partial charge in [0, 0.05) is 11.6 Å². The quantitative estimate of drug-likeness (QED) is 0.342. The third kappa shape index (κ3) is 4.97. The summed E-state index contributed by atoms with van der Waals surface area (Å²) in [6.45, 7) is 0.333. The number of hydrogen-bond acceptors (Lipinski definition) is 4. The van der Waals surface area contributed by atoms with Crippen molar-refractivity contribution in [1.29, 1.82) is 0 Å². The molecule has 3 rings (SSSR count). The number of phenolic OH excluding ortho intramolecular Hbond substituents is 1. The molecular weight excluding hydrogens is 457 g/mol. The van der Waals surface area contributed by atoms with Crippen LogP contribution in [0.1, 0.15) is 29.5 Å². The van der Waals surface area contributed by atoms with E-state index >= 15 is 0 Å². The third-order valence-electron chi connectivity index (χ3n) is 4.70. The highest BCUT2D eigenvalue weighted by molar-refractivity contribution is 14.0. The highest BCUT2D eigenvalue weighted by Gasteiger charge is 2.16. The summed E-state index contributed by atoms with van der Waals surface area (Å²) >= 11 is 0. The number of halogens is 1. The molecule has 0 bridgehead atoms. The molecule has 4 N–H and O–H groups in total. The Morgan fingerprint density at radius 2 is 1.93 bits per heavy atom. The van der Waals surface area contributed by atoms with Gasteiger partial charge in [0.05, 0.1) is 26.5 Å². The molecule has 2 aromatic rings. The van der Waals surface area contributed by atoms with Gasteiger partial charge >= 0.3 is 0 Å². The first kappa shape index (κ1) is 21.1. The number of fused-ring (bicyclic) bond motifs is 1. The molecule has 0 unspecified atom stereocenters. The molecule has 0 saturated carbocycles. The van der Waals surface area contributed by atoms with Crippen molar-refractivity contribution in [3.8, 4) is 17.2 Å². The lowest BCUT2D eigenvalue weighted by Gasteiger charge is -2.19. The molecule has 2 aromatic carbocycles. The maximum Gasteiger partial charge on any atom is 0.193 e. The number of aliphatic imine (C=N–C) groups is 1. The van der Waals surface area contributed by atoms with Crippen LogP contribution in [0.4, 0.5) is 5.69 Å². The molecule has 1 aliphatic carbocycles. The number of ether oxygens (including phenoxy) is 2. The van der Waals surface area contributed by atoms with Gasteiger partial charge in [0.15, 0.2) is 5.96 Å². The van der Waals surface area contributed by atoms with Crippen molar-refractivity contribution >= 4 is 35.6 Å². The minimum atomic E-state index is 0. The van der Waals surface area contributed by atoms with Gasteiger partial charge in [-0.15, -0.1) is 24.0 Å². The van der Waals surface area contributed by atoms with Crippen LogP contribution >= 0.6 is 24.0 Å². The highest BCUT2D eigenvalue weighted by atomic mass is 127. The van der Waals surface area contributed by atoms with Crippen molar-refractivity contribution in [3.05, 3.63) is 47.0 Å². The number of nitrogens with zero attached hydrogens (tertiary/aromatic N) is 1. The first-order valence-electron chi connectivity index (χ1n) is 8.74. The monoisotopic (exact) mass is 483 g/mol. The Morgan fingerprint density at radius 1 is 1.15 bits per heavy atom. The van der Waals surface area contributed by atoms with E-state index in [2.05, 4.69) is 10.3 Å². The lowest BCUT2D eigenvalue weighted by Crippen LogP contribution is -2.23. The van der Waals surface area contributed by atoms with Crippen molar-refractivity contribution in [2.75, 3.05) is 19.5 Å². The summed E-state index contributed by atoms with van der Waals surface area (Å²) in [6, 6.07) is 9.17. The van der Waals surface area contributed by atoms with Crippen LogP contribution in [-0.2, 0) is 19.4 Å². The van der Waals surface area contributed by atoms with Crippen molar-refractivity contribution in [2.24, 2.45) is 10.7 Å². The number of nitrogens with one attached hydrogen (secondary N) is 1. The van der Waals surface area contributed by atoms with E-state index in [0.29, 0.717) is 23.7 Å². The van der Waals surface area contributed by atoms with Gasteiger partial charge in [-0.05, 0) is 55.0 Å². The molecule has 1 aliphatic rings. The third-order valence-corrected chi connectivity index (χ3v) is 4.70. The summed E-state index contributed by atoms with van der Waals surface area (Å²) < 4.78 is 10.6. The Kier molecular flexibility index (Phi) is 7.58. The largest absolute Gasteiger partial charge is 0.508 e. The zero-order valence-corrected chi connectivity index (χ0v) is 17.9. The topological polar surface area (TPSA) is 89.1 Å². The first-order valence-corrected chi connectivity index (χ1v) is 8.74. The number of aryl methyl sites for hydroxylation is 1. The SMILES string of the molecule is COc1ccc(OC)c(NC(N)=NCc2c(O)ccc3c2CCCC3)c1.I. The van der Waals surface area contributed by atoms with Crippen LogP contribution < -0.4 is 20.5 Å². The van der Waals surface area contributed by atoms with Crippen LogP contribution in [0, 0.1) is 0 Å². The van der Waals surface area contributed by atoms with Gasteiger partial charge in [-0.2, -0.15) is 0 Å². The van der Waals surface area contributed by atoms with Crippen molar-refractivity contribution < 1.29 is 14.6 Å². The second-order valence-electron chi connectivity index (χ2n) is 6.30. The van der Waals surface area contributed by atoms with Crippen LogP contribution in [0.25, 0.3) is 0 Å². The Labute approximate surface area is 176 Å². The second-order valence-corrected chi connectivity index (χ2v) is 6.30. The summed E-state index contributed by atoms with van der Waals surface area (Å²) in [5.74, 6) is 1.87. The molecule has 0 fully saturated rings. The predicted octanol–water partition coefficient (Wildman–Crippen LogP) is 3.83. The fourth-order valence-corrected chi connectivity index (χ4v) is 3.32. The maximum absolute atomic E-state index is 10.3. The number of guanidine groups is 1. The summed E-state index contributed by atoms with van der Waals surface area (Å²) in [7, 11) is 3.19. The second kappa shape index (κ2) is 9.68. The average molecular weight is 483 g/mol. The lowest BCUT2D eigenvalue weighted by atomic mass is 9.88. The molecule has 0 atom stereocenters. The van der Waals surface area contributed by atoms with Crippen LogP contribution in [0.15, 0.2) is 35.3 Å². The van der Waals surface area contributed by atoms with Gasteiger partial charge in [-0.3, -0.25) is 0 Å². The normalized spacial score (nSPS) is 13.3. The van der Waals surface area contributed by atoms with Crippen LogP contribution in [0.5, 0.6) is 17.2 Å². The van der Waals surface area contributed by atoms with Crippen LogP contribution in [-0.4, -0.2) is 25.3 Å². The highest BCUT2D eigenvalue weighted by Crippen LogP contribution is 2.31. The first-order chi connectivity index (χ1) is 12.6. The zero-order valence-electron chi connectivity index (χ0n) is 15.6. The number of phenols is 1. The van der Waals surface area contributed by atoms with E-state index in [1.165, 1.54) is 17.5 Å². The summed E-state index contributed by atoms with van der Waals surface area (Å²) in [4.78, 5) is 4.42. The minimum absolute atomic E-state index is 0. The van der Waals surface area contributed by atoms with E-state index in [9.17, 15) is 5.11 Å². The lowest BCUT2D eigenvalue weighted by molar-refractivity contribution is 0.405. The molecule has 0 spiro atoms. The average Bonchev–Trinajstić information content (AvgIpc) is 2.67. The molecule has 7 heteroatoms. The molecule has 0 aliphatic heterocycles. The Balaban J connectivity index is 0.00000261. The number of nitrogens with two attached hydrogens (primary N) is 1. The molecule has 0 amide bonds. The molecule has 6 nitrogen and oxygen atoms in total. The fraction of sp³-hybridized carbons (Fsp3) is 0.350. The van der Waals surface area contributed by atoms with E-state index in [-0.39, 0.29) is 35.7 Å². The van der Waals surface area contributed by atoms with Gasteiger partial charge in [0.2, 0.25) is 0 Å². The predicted molar refractivity (Wildman–Crippen MR) is 119 cm³/mol. The van der Waals surface area contributed by atoms with Gasteiger partial charge < -0.3 is 25.6 Å². The number of methoxy groups -OCH3 is 2. The zero-order chi connectivity index (χ0) is 18.5. The van der Waals surface area contributed by atoms with Gasteiger partial charge in [-0.1, -0.05) is 6.07 Å². The smallest absolute Gasteiger partial charge is 0.193 e. The van der Waals surface area contributed by atoms with E-state index in [0.717, 1.165) is 24.8 Å². The van der Waals surface area contributed by atoms with E-state index < -0.39 is 0 Å². The molecule has 0 saturated heterocycles. The number of aromatic hydroxyl groups is 1. The summed E-state index contributed by atoms with van der Waals surface area (Å²) in [5.41, 5.74) is 10.1. The number of rotatable bonds is 5. The van der Waals surface area contributed by atoms with Crippen LogP contribution in [0.3, 0.4) is 0 Å². The Hall–Kier alpha value is -2.16. The number of anilines is 1. The molecule has 146 valence electrons. The summed E-state index contributed by atoms with van der Waals surface area (Å²) in [6.07, 6.45) is 4.37. The number of hydrogen-bond donors (Lipinski definition) is 3. The molecule has 27 heavy (non-hydrogen) atoms. The maximum atomic E-state index is 10.3. The Morgan fingerprint density at radius 3 is 2.67 bits per heavy atom. The molecule has 0 aromatic heterocycles. The van der Waals surface area contributed by atoms with E-state index in [4.69, 9.17) is 15.2 Å². The van der Waals surface area contributed by atoms with E-state index in [1.807, 2.05) is 12.1 Å². The van der Waals surface area contributed by atoms with Crippen molar-refractivity contribution in [2.45, 2.75) is 32.2 Å². The molecule has 0 heterocycles. The molecule has 0 radical (unpaired) electrons. The van der Waals surface area contributed by atoms with Crippen molar-refractivity contribution in [1.82, 2.24) is 0 Å². The Bertz CT molecular complexity index is 824. The van der Waals surface area contributed by atoms with Crippen LogP contribution in [0.2, 0.25) is 0 Å². The number of benzene rings is 2. The van der Waals surface area contributed by atoms with Crippen molar-refractivity contribution in [3.63, 3.8) is 0 Å². The van der Waals surface area contributed by atoms with Gasteiger partial charge in [0.25, 0.3) is 0 Å². The molecular formula is C20H26IN3O3. The van der Waals surface area contributed by atoms with E-state index in [1.54, 1.807) is 32.4 Å². The standard InChI is InChI=1S/C20H25N3O3.HI/c1-25-14-8-10-19(26-2)17(11-14)23-20(21)22-12-16-15-6-4-3-5-13(15)7-9-18(16)24;/h7-11,24H,3-6,12H2,1-2H3,(H3,21,22,23);1H. The van der Waals surface area contributed by atoms with Gasteiger partial charge in [-0.25, -0.2) is 4.99 Å². The van der Waals surface area contributed by atoms with Gasteiger partial charge in [0.1, 0.15) is 17.2 Å². The fourth-order valence-electron chi connectivity index (χ4n) is 3.32.